The largest absolute Gasteiger partial charge is 0.434 e. The van der Waals surface area contributed by atoms with Gasteiger partial charge in [-0.1, -0.05) is 18.9 Å². The number of aliphatic hydroxyl groups is 1. The number of aromatic nitrogens is 1. The molecule has 3 rings (SSSR count). The second kappa shape index (κ2) is 7.17. The van der Waals surface area contributed by atoms with Gasteiger partial charge < -0.3 is 20.1 Å². The number of amides is 1. The van der Waals surface area contributed by atoms with Gasteiger partial charge in [-0.15, -0.1) is 0 Å². The van der Waals surface area contributed by atoms with E-state index in [-0.39, 0.29) is 35.9 Å². The number of fused-ring (bicyclic) bond motifs is 1. The van der Waals surface area contributed by atoms with Crippen LogP contribution in [-0.4, -0.2) is 35.3 Å². The van der Waals surface area contributed by atoms with Gasteiger partial charge in [-0.2, -0.15) is 8.78 Å². The maximum atomic E-state index is 12.5. The second-order valence-corrected chi connectivity index (χ2v) is 6.09. The van der Waals surface area contributed by atoms with Crippen molar-refractivity contribution < 1.29 is 23.4 Å². The van der Waals surface area contributed by atoms with Crippen molar-refractivity contribution in [2.24, 2.45) is 5.92 Å². The molecule has 1 aromatic carbocycles. The predicted octanol–water partition coefficient (Wildman–Crippen LogP) is 3.05. The third kappa shape index (κ3) is 3.51. The smallest absolute Gasteiger partial charge is 0.387 e. The number of aromatic amines is 1. The van der Waals surface area contributed by atoms with Crippen molar-refractivity contribution in [2.75, 3.05) is 6.61 Å². The molecule has 130 valence electrons. The molecule has 7 heteroatoms. The van der Waals surface area contributed by atoms with Crippen LogP contribution in [0.1, 0.15) is 36.2 Å². The number of aliphatic hydroxyl groups excluding tert-OH is 1. The molecule has 1 saturated carbocycles. The van der Waals surface area contributed by atoms with Crippen LogP contribution in [-0.2, 0) is 0 Å². The van der Waals surface area contributed by atoms with Crippen LogP contribution in [0, 0.1) is 5.92 Å². The molecule has 1 amide bonds. The highest BCUT2D eigenvalue weighted by Crippen LogP contribution is 2.28. The van der Waals surface area contributed by atoms with Crippen LogP contribution in [0.5, 0.6) is 5.75 Å². The van der Waals surface area contributed by atoms with E-state index in [2.05, 4.69) is 15.0 Å². The van der Waals surface area contributed by atoms with E-state index in [4.69, 9.17) is 0 Å². The first-order valence-electron chi connectivity index (χ1n) is 8.06. The molecule has 2 atom stereocenters. The Balaban J connectivity index is 1.80. The molecular formula is C17H20F2N2O3. The Hall–Kier alpha value is -2.15. The van der Waals surface area contributed by atoms with Gasteiger partial charge in [0.2, 0.25) is 0 Å². The molecule has 5 nitrogen and oxygen atoms in total. The summed E-state index contributed by atoms with van der Waals surface area (Å²) in [5.74, 6) is -0.215. The van der Waals surface area contributed by atoms with Gasteiger partial charge in [0.15, 0.2) is 0 Å². The SMILES string of the molecule is O=C(NC1CCCCC1CO)c1cc2c(OC(F)F)cccc2[nH]1. The molecule has 2 unspecified atom stereocenters. The number of rotatable bonds is 5. The zero-order valence-electron chi connectivity index (χ0n) is 13.1. The summed E-state index contributed by atoms with van der Waals surface area (Å²) in [6, 6.07) is 6.16. The van der Waals surface area contributed by atoms with E-state index in [1.54, 1.807) is 12.1 Å². The monoisotopic (exact) mass is 338 g/mol. The number of nitrogens with one attached hydrogen (secondary N) is 2. The zero-order chi connectivity index (χ0) is 17.1. The van der Waals surface area contributed by atoms with Gasteiger partial charge in [-0.3, -0.25) is 4.79 Å². The molecule has 0 spiro atoms. The molecule has 0 aliphatic heterocycles. The Labute approximate surface area is 138 Å². The second-order valence-electron chi connectivity index (χ2n) is 6.09. The summed E-state index contributed by atoms with van der Waals surface area (Å²) in [6.07, 6.45) is 3.79. The molecule has 0 radical (unpaired) electrons. The molecule has 1 aliphatic carbocycles. The van der Waals surface area contributed by atoms with Crippen LogP contribution in [0.25, 0.3) is 10.9 Å². The van der Waals surface area contributed by atoms with Crippen molar-refractivity contribution in [3.63, 3.8) is 0 Å². The minimum atomic E-state index is -2.92. The Morgan fingerprint density at radius 2 is 2.17 bits per heavy atom. The third-order valence-corrected chi connectivity index (χ3v) is 4.54. The minimum absolute atomic E-state index is 0.0312. The summed E-state index contributed by atoms with van der Waals surface area (Å²) in [5.41, 5.74) is 0.846. The molecule has 0 bridgehead atoms. The first-order valence-corrected chi connectivity index (χ1v) is 8.06. The summed E-state index contributed by atoms with van der Waals surface area (Å²) in [4.78, 5) is 15.4. The van der Waals surface area contributed by atoms with E-state index < -0.39 is 6.61 Å². The third-order valence-electron chi connectivity index (χ3n) is 4.54. The number of H-pyrrole nitrogens is 1. The molecule has 1 aliphatic rings. The van der Waals surface area contributed by atoms with Crippen LogP contribution >= 0.6 is 0 Å². The highest BCUT2D eigenvalue weighted by molar-refractivity contribution is 5.99. The van der Waals surface area contributed by atoms with Crippen molar-refractivity contribution in [1.29, 1.82) is 0 Å². The summed E-state index contributed by atoms with van der Waals surface area (Å²) in [5, 5.41) is 12.8. The van der Waals surface area contributed by atoms with Crippen molar-refractivity contribution in [3.05, 3.63) is 30.0 Å². The maximum Gasteiger partial charge on any atom is 0.387 e. The highest BCUT2D eigenvalue weighted by Gasteiger charge is 2.26. The number of alkyl halides is 2. The number of hydrogen-bond donors (Lipinski definition) is 3. The fraction of sp³-hybridized carbons (Fsp3) is 0.471. The lowest BCUT2D eigenvalue weighted by molar-refractivity contribution is -0.0487. The highest BCUT2D eigenvalue weighted by atomic mass is 19.3. The summed E-state index contributed by atoms with van der Waals surface area (Å²) >= 11 is 0. The topological polar surface area (TPSA) is 74.3 Å². The molecule has 0 saturated heterocycles. The van der Waals surface area contributed by atoms with Crippen molar-refractivity contribution in [2.45, 2.75) is 38.3 Å². The Bertz CT molecular complexity index is 717. The number of carbonyl (C=O) groups excluding carboxylic acids is 1. The van der Waals surface area contributed by atoms with Gasteiger partial charge in [-0.25, -0.2) is 0 Å². The van der Waals surface area contributed by atoms with Gasteiger partial charge in [-0.05, 0) is 31.0 Å². The van der Waals surface area contributed by atoms with E-state index in [1.165, 1.54) is 12.1 Å². The average Bonchev–Trinajstić information content (AvgIpc) is 3.00. The predicted molar refractivity (Wildman–Crippen MR) is 85.2 cm³/mol. The van der Waals surface area contributed by atoms with Crippen LogP contribution in [0.3, 0.4) is 0 Å². The standard InChI is InChI=1S/C17H20F2N2O3/c18-17(19)24-15-7-3-6-13-11(15)8-14(20-13)16(23)21-12-5-2-1-4-10(12)9-22/h3,6-8,10,12,17,20,22H,1-2,4-5,9H2,(H,21,23). The lowest BCUT2D eigenvalue weighted by Gasteiger charge is -2.30. The zero-order valence-corrected chi connectivity index (χ0v) is 13.1. The molecule has 1 fully saturated rings. The number of hydrogen-bond acceptors (Lipinski definition) is 3. The fourth-order valence-electron chi connectivity index (χ4n) is 3.31. The van der Waals surface area contributed by atoms with E-state index >= 15 is 0 Å². The molecule has 1 aromatic heterocycles. The van der Waals surface area contributed by atoms with Gasteiger partial charge in [0.05, 0.1) is 0 Å². The van der Waals surface area contributed by atoms with Gasteiger partial charge in [0.1, 0.15) is 11.4 Å². The summed E-state index contributed by atoms with van der Waals surface area (Å²) in [6.45, 7) is -2.88. The van der Waals surface area contributed by atoms with Crippen LogP contribution in [0.4, 0.5) is 8.78 Å². The van der Waals surface area contributed by atoms with Crippen LogP contribution < -0.4 is 10.1 Å². The van der Waals surface area contributed by atoms with E-state index in [0.717, 1.165) is 25.7 Å². The molecular weight excluding hydrogens is 318 g/mol. The van der Waals surface area contributed by atoms with Crippen molar-refractivity contribution in [3.8, 4) is 5.75 Å². The number of ether oxygens (including phenoxy) is 1. The van der Waals surface area contributed by atoms with Gasteiger partial charge >= 0.3 is 6.61 Å². The first-order chi connectivity index (χ1) is 11.6. The van der Waals surface area contributed by atoms with Crippen molar-refractivity contribution >= 4 is 16.8 Å². The average molecular weight is 338 g/mol. The maximum absolute atomic E-state index is 12.5. The number of halogens is 2. The van der Waals surface area contributed by atoms with Gasteiger partial charge in [0, 0.05) is 29.5 Å². The Morgan fingerprint density at radius 1 is 1.38 bits per heavy atom. The number of carbonyl (C=O) groups is 1. The molecule has 2 aromatic rings. The van der Waals surface area contributed by atoms with Gasteiger partial charge in [0.25, 0.3) is 5.91 Å². The quantitative estimate of drug-likeness (QED) is 0.784. The van der Waals surface area contributed by atoms with Crippen LogP contribution in [0.15, 0.2) is 24.3 Å². The fourth-order valence-corrected chi connectivity index (χ4v) is 3.31. The Morgan fingerprint density at radius 3 is 2.92 bits per heavy atom. The van der Waals surface area contributed by atoms with E-state index in [0.29, 0.717) is 10.9 Å². The van der Waals surface area contributed by atoms with E-state index in [1.807, 2.05) is 0 Å². The minimum Gasteiger partial charge on any atom is -0.434 e. The van der Waals surface area contributed by atoms with Crippen LogP contribution in [0.2, 0.25) is 0 Å². The molecule has 3 N–H and O–H groups in total. The number of benzene rings is 1. The van der Waals surface area contributed by atoms with Crippen molar-refractivity contribution in [1.82, 2.24) is 10.3 Å². The lowest BCUT2D eigenvalue weighted by Crippen LogP contribution is -2.43. The lowest BCUT2D eigenvalue weighted by atomic mass is 9.85. The molecule has 1 heterocycles. The van der Waals surface area contributed by atoms with E-state index in [9.17, 15) is 18.7 Å². The normalized spacial score (nSPS) is 21.2. The Kier molecular flexibility index (Phi) is 4.99. The summed E-state index contributed by atoms with van der Waals surface area (Å²) in [7, 11) is 0. The molecule has 24 heavy (non-hydrogen) atoms. The first kappa shape index (κ1) is 16.7. The summed E-state index contributed by atoms with van der Waals surface area (Å²) < 4.78 is 29.4.